The fourth-order valence-corrected chi connectivity index (χ4v) is 1.92. The third-order valence-corrected chi connectivity index (χ3v) is 3.02. The summed E-state index contributed by atoms with van der Waals surface area (Å²) in [7, 11) is 0. The molecule has 88 valence electrons. The van der Waals surface area contributed by atoms with Crippen LogP contribution in [0.2, 0.25) is 0 Å². The van der Waals surface area contributed by atoms with E-state index in [2.05, 4.69) is 13.8 Å². The molecule has 1 aliphatic heterocycles. The molecule has 1 atom stereocenters. The van der Waals surface area contributed by atoms with Crippen molar-refractivity contribution in [3.63, 3.8) is 0 Å². The van der Waals surface area contributed by atoms with E-state index in [4.69, 9.17) is 4.84 Å². The zero-order valence-electron chi connectivity index (χ0n) is 10.00. The van der Waals surface area contributed by atoms with Crippen LogP contribution in [-0.2, 0) is 9.63 Å². The van der Waals surface area contributed by atoms with Crippen molar-refractivity contribution in [1.82, 2.24) is 5.06 Å². The van der Waals surface area contributed by atoms with E-state index in [0.717, 1.165) is 51.6 Å². The molecule has 0 spiro atoms. The maximum Gasteiger partial charge on any atom is 0.328 e. The second-order valence-electron chi connectivity index (χ2n) is 4.29. The van der Waals surface area contributed by atoms with Crippen molar-refractivity contribution >= 4 is 5.97 Å². The van der Waals surface area contributed by atoms with Crippen molar-refractivity contribution in [2.45, 2.75) is 52.4 Å². The van der Waals surface area contributed by atoms with Gasteiger partial charge >= 0.3 is 5.97 Å². The molecule has 1 rings (SSSR count). The lowest BCUT2D eigenvalue weighted by Crippen LogP contribution is -2.28. The minimum absolute atomic E-state index is 0.0205. The molecule has 0 aromatic heterocycles. The van der Waals surface area contributed by atoms with Crippen LogP contribution in [-0.4, -0.2) is 24.1 Å². The molecule has 0 amide bonds. The first-order valence-corrected chi connectivity index (χ1v) is 6.24. The third-order valence-electron chi connectivity index (χ3n) is 3.02. The Morgan fingerprint density at radius 1 is 1.33 bits per heavy atom. The molecule has 1 saturated heterocycles. The number of carbonyl (C=O) groups excluding carboxylic acids is 1. The number of carbonyl (C=O) groups is 1. The molecular formula is C12H23NO2. The predicted octanol–water partition coefficient (Wildman–Crippen LogP) is 2.76. The fraction of sp³-hybridized carbons (Fsp3) is 0.917. The standard InChI is InChI=1S/C12H23NO2/c1-3-5-8-11(4-2)12(14)15-13-9-6-7-10-13/h11H,3-10H2,1-2H3. The molecule has 0 aliphatic carbocycles. The highest BCUT2D eigenvalue weighted by Crippen LogP contribution is 2.17. The van der Waals surface area contributed by atoms with Gasteiger partial charge in [-0.15, -0.1) is 5.06 Å². The van der Waals surface area contributed by atoms with Crippen molar-refractivity contribution in [2.75, 3.05) is 13.1 Å². The highest BCUT2D eigenvalue weighted by Gasteiger charge is 2.22. The smallest absolute Gasteiger partial charge is 0.328 e. The summed E-state index contributed by atoms with van der Waals surface area (Å²) in [5.74, 6) is 0.0819. The summed E-state index contributed by atoms with van der Waals surface area (Å²) in [5.41, 5.74) is 0. The van der Waals surface area contributed by atoms with Crippen LogP contribution in [0.15, 0.2) is 0 Å². The molecule has 1 heterocycles. The first-order valence-electron chi connectivity index (χ1n) is 6.24. The molecule has 15 heavy (non-hydrogen) atoms. The van der Waals surface area contributed by atoms with Crippen molar-refractivity contribution in [3.05, 3.63) is 0 Å². The van der Waals surface area contributed by atoms with Crippen LogP contribution < -0.4 is 0 Å². The van der Waals surface area contributed by atoms with Crippen LogP contribution in [0.5, 0.6) is 0 Å². The van der Waals surface area contributed by atoms with E-state index in [-0.39, 0.29) is 11.9 Å². The van der Waals surface area contributed by atoms with Crippen LogP contribution in [0, 0.1) is 5.92 Å². The van der Waals surface area contributed by atoms with Crippen LogP contribution >= 0.6 is 0 Å². The third kappa shape index (κ3) is 4.20. The van der Waals surface area contributed by atoms with Gasteiger partial charge in [0.05, 0.1) is 5.92 Å². The lowest BCUT2D eigenvalue weighted by Gasteiger charge is -2.18. The minimum Gasteiger partial charge on any atom is -0.368 e. The lowest BCUT2D eigenvalue weighted by atomic mass is 10.00. The zero-order chi connectivity index (χ0) is 11.1. The van der Waals surface area contributed by atoms with Gasteiger partial charge in [-0.25, -0.2) is 0 Å². The summed E-state index contributed by atoms with van der Waals surface area (Å²) in [5, 5.41) is 1.82. The van der Waals surface area contributed by atoms with Gasteiger partial charge in [-0.2, -0.15) is 0 Å². The SMILES string of the molecule is CCCCC(CC)C(=O)ON1CCCC1. The molecule has 0 N–H and O–H groups in total. The summed E-state index contributed by atoms with van der Waals surface area (Å²) in [6.07, 6.45) is 6.44. The van der Waals surface area contributed by atoms with Gasteiger partial charge in [-0.05, 0) is 25.7 Å². The van der Waals surface area contributed by atoms with E-state index >= 15 is 0 Å². The van der Waals surface area contributed by atoms with Crippen LogP contribution in [0.3, 0.4) is 0 Å². The minimum atomic E-state index is -0.0205. The molecule has 0 saturated carbocycles. The molecule has 0 bridgehead atoms. The molecule has 1 aliphatic rings. The van der Waals surface area contributed by atoms with E-state index in [0.29, 0.717) is 0 Å². The summed E-state index contributed by atoms with van der Waals surface area (Å²) < 4.78 is 0. The largest absolute Gasteiger partial charge is 0.368 e. The molecule has 1 fully saturated rings. The highest BCUT2D eigenvalue weighted by molar-refractivity contribution is 5.72. The van der Waals surface area contributed by atoms with E-state index in [1.165, 1.54) is 0 Å². The van der Waals surface area contributed by atoms with Crippen LogP contribution in [0.4, 0.5) is 0 Å². The summed E-state index contributed by atoms with van der Waals surface area (Å²) >= 11 is 0. The molecule has 0 aromatic carbocycles. The molecule has 3 heteroatoms. The predicted molar refractivity (Wildman–Crippen MR) is 60.2 cm³/mol. The number of hydrogen-bond donors (Lipinski definition) is 0. The molecular weight excluding hydrogens is 190 g/mol. The van der Waals surface area contributed by atoms with Crippen molar-refractivity contribution < 1.29 is 9.63 Å². The number of unbranched alkanes of at least 4 members (excludes halogenated alkanes) is 1. The van der Waals surface area contributed by atoms with Gasteiger partial charge in [0.2, 0.25) is 0 Å². The van der Waals surface area contributed by atoms with Gasteiger partial charge in [0.15, 0.2) is 0 Å². The van der Waals surface area contributed by atoms with E-state index in [1.54, 1.807) is 0 Å². The maximum absolute atomic E-state index is 11.8. The average Bonchev–Trinajstić information content (AvgIpc) is 2.71. The van der Waals surface area contributed by atoms with Gasteiger partial charge in [-0.1, -0.05) is 26.7 Å². The summed E-state index contributed by atoms with van der Waals surface area (Å²) in [4.78, 5) is 17.1. The van der Waals surface area contributed by atoms with E-state index in [1.807, 2.05) is 5.06 Å². The Kier molecular flexibility index (Phi) is 5.69. The first kappa shape index (κ1) is 12.5. The second-order valence-corrected chi connectivity index (χ2v) is 4.29. The Balaban J connectivity index is 2.28. The first-order chi connectivity index (χ1) is 7.27. The van der Waals surface area contributed by atoms with Gasteiger partial charge in [-0.3, -0.25) is 4.79 Å². The summed E-state index contributed by atoms with van der Waals surface area (Å²) in [6, 6.07) is 0. The lowest BCUT2D eigenvalue weighted by molar-refractivity contribution is -0.191. The number of hydroxylamine groups is 2. The Morgan fingerprint density at radius 2 is 2.00 bits per heavy atom. The van der Waals surface area contributed by atoms with Gasteiger partial charge in [0.25, 0.3) is 0 Å². The molecule has 0 radical (unpaired) electrons. The number of rotatable bonds is 6. The van der Waals surface area contributed by atoms with Gasteiger partial charge in [0.1, 0.15) is 0 Å². The number of nitrogens with zero attached hydrogens (tertiary/aromatic N) is 1. The number of hydrogen-bond acceptors (Lipinski definition) is 3. The van der Waals surface area contributed by atoms with Gasteiger partial charge in [0, 0.05) is 13.1 Å². The van der Waals surface area contributed by atoms with Crippen molar-refractivity contribution in [3.8, 4) is 0 Å². The normalized spacial score (nSPS) is 19.1. The Hall–Kier alpha value is -0.570. The maximum atomic E-state index is 11.8. The Bertz CT molecular complexity index is 188. The van der Waals surface area contributed by atoms with Crippen LogP contribution in [0.1, 0.15) is 52.4 Å². The van der Waals surface area contributed by atoms with Gasteiger partial charge < -0.3 is 4.84 Å². The average molecular weight is 213 g/mol. The quantitative estimate of drug-likeness (QED) is 0.679. The van der Waals surface area contributed by atoms with E-state index < -0.39 is 0 Å². The Labute approximate surface area is 92.7 Å². The highest BCUT2D eigenvalue weighted by atomic mass is 16.7. The molecule has 3 nitrogen and oxygen atoms in total. The van der Waals surface area contributed by atoms with Crippen LogP contribution in [0.25, 0.3) is 0 Å². The fourth-order valence-electron chi connectivity index (χ4n) is 1.92. The second kappa shape index (κ2) is 6.83. The monoisotopic (exact) mass is 213 g/mol. The zero-order valence-corrected chi connectivity index (χ0v) is 10.00. The molecule has 1 unspecified atom stereocenters. The van der Waals surface area contributed by atoms with Crippen molar-refractivity contribution in [1.29, 1.82) is 0 Å². The topological polar surface area (TPSA) is 29.5 Å². The van der Waals surface area contributed by atoms with Crippen molar-refractivity contribution in [2.24, 2.45) is 5.92 Å². The molecule has 0 aromatic rings. The summed E-state index contributed by atoms with van der Waals surface area (Å²) in [6.45, 7) is 6.04. The Morgan fingerprint density at radius 3 is 2.53 bits per heavy atom. The van der Waals surface area contributed by atoms with E-state index in [9.17, 15) is 4.79 Å².